The first-order valence-corrected chi connectivity index (χ1v) is 23.8. The van der Waals surface area contributed by atoms with E-state index in [1.54, 1.807) is 0 Å². The van der Waals surface area contributed by atoms with Crippen molar-refractivity contribution in [3.8, 4) is 11.4 Å². The monoisotopic (exact) mass is 880 g/mol. The quantitative estimate of drug-likeness (QED) is 0.177. The van der Waals surface area contributed by atoms with E-state index in [1.165, 1.54) is 78.3 Å². The van der Waals surface area contributed by atoms with Gasteiger partial charge < -0.3 is 18.9 Å². The van der Waals surface area contributed by atoms with Gasteiger partial charge in [-0.3, -0.25) is 0 Å². The van der Waals surface area contributed by atoms with E-state index in [0.717, 1.165) is 55.8 Å². The maximum atomic E-state index is 5.08. The number of aromatic nitrogens is 4. The Kier molecular flexibility index (Phi) is 7.87. The number of nitrogens with zero attached hydrogens (tertiary/aromatic N) is 6. The van der Waals surface area contributed by atoms with Gasteiger partial charge in [0.15, 0.2) is 0 Å². The van der Waals surface area contributed by atoms with Crippen LogP contribution in [0.2, 0.25) is 0 Å². The molecule has 0 bridgehead atoms. The van der Waals surface area contributed by atoms with Gasteiger partial charge in [0.05, 0.1) is 67.9 Å². The second kappa shape index (κ2) is 13.8. The number of rotatable bonds is 4. The highest BCUT2D eigenvalue weighted by molar-refractivity contribution is 7.00. The summed E-state index contributed by atoms with van der Waals surface area (Å²) >= 11 is 1.27. The third-order valence-electron chi connectivity index (χ3n) is 15.0. The minimum Gasteiger partial charge on any atom is -0.310 e. The normalized spacial score (nSPS) is 14.7. The van der Waals surface area contributed by atoms with Crippen LogP contribution >= 0.6 is 11.7 Å². The van der Waals surface area contributed by atoms with Gasteiger partial charge in [-0.2, -0.15) is 8.75 Å². The Hall–Kier alpha value is -8.00. The van der Waals surface area contributed by atoms with Crippen molar-refractivity contribution < 1.29 is 0 Å². The predicted octanol–water partition coefficient (Wildman–Crippen LogP) is 16.1. The van der Waals surface area contributed by atoms with Gasteiger partial charge in [-0.1, -0.05) is 137 Å². The van der Waals surface area contributed by atoms with Gasteiger partial charge >= 0.3 is 0 Å². The van der Waals surface area contributed by atoms with E-state index in [2.05, 4.69) is 241 Å². The van der Waals surface area contributed by atoms with Crippen LogP contribution in [-0.4, -0.2) is 17.9 Å². The molecular formula is C60H44N6S. The summed E-state index contributed by atoms with van der Waals surface area (Å²) in [4.78, 5) is 4.89. The molecule has 0 atom stereocenters. The second-order valence-electron chi connectivity index (χ2n) is 19.2. The lowest BCUT2D eigenvalue weighted by Crippen LogP contribution is -2.30. The second-order valence-corrected chi connectivity index (χ2v) is 19.7. The lowest BCUT2D eigenvalue weighted by molar-refractivity contribution is 0.632. The highest BCUT2D eigenvalue weighted by Gasteiger charge is 2.38. The van der Waals surface area contributed by atoms with Crippen molar-refractivity contribution in [2.24, 2.45) is 0 Å². The summed E-state index contributed by atoms with van der Waals surface area (Å²) in [6.07, 6.45) is 0. The smallest absolute Gasteiger partial charge is 0.130 e. The fourth-order valence-corrected chi connectivity index (χ4v) is 12.4. The molecule has 0 saturated carbocycles. The highest BCUT2D eigenvalue weighted by Crippen LogP contribution is 2.54. The molecule has 0 fully saturated rings. The summed E-state index contributed by atoms with van der Waals surface area (Å²) < 4.78 is 14.9. The maximum Gasteiger partial charge on any atom is 0.130 e. The minimum atomic E-state index is -0.129. The SMILES string of the molecule is CC1(C)c2ccccc2N(c2ccc3c(c2)c2ccccc2n3-c2ccc(-n3c4ccccc4c4cc(N5c6ccccc6C(C)(C)c6ccccc65)ccc43)c3nsnc23)c2ccccc21. The Labute approximate surface area is 392 Å². The van der Waals surface area contributed by atoms with Crippen LogP contribution in [0.3, 0.4) is 0 Å². The molecular weight excluding hydrogens is 837 g/mol. The van der Waals surface area contributed by atoms with Crippen LogP contribution in [0.15, 0.2) is 194 Å². The first kappa shape index (κ1) is 38.3. The van der Waals surface area contributed by atoms with E-state index < -0.39 is 0 Å². The molecule has 0 radical (unpaired) electrons. The third-order valence-corrected chi connectivity index (χ3v) is 15.5. The molecule has 2 aliphatic rings. The van der Waals surface area contributed by atoms with Gasteiger partial charge in [0.2, 0.25) is 0 Å². The Bertz CT molecular complexity index is 3680. The van der Waals surface area contributed by atoms with Crippen LogP contribution in [0.4, 0.5) is 34.1 Å². The zero-order valence-corrected chi connectivity index (χ0v) is 38.4. The van der Waals surface area contributed by atoms with Gasteiger partial charge in [0.1, 0.15) is 11.0 Å². The first-order chi connectivity index (χ1) is 32.8. The number of anilines is 6. The van der Waals surface area contributed by atoms with Crippen molar-refractivity contribution in [3.63, 3.8) is 0 Å². The lowest BCUT2D eigenvalue weighted by Gasteiger charge is -2.42. The van der Waals surface area contributed by atoms with E-state index in [9.17, 15) is 0 Å². The molecule has 6 nitrogen and oxygen atoms in total. The van der Waals surface area contributed by atoms with Crippen molar-refractivity contribution in [2.45, 2.75) is 38.5 Å². The average Bonchev–Trinajstić information content (AvgIpc) is 4.08. The van der Waals surface area contributed by atoms with Crippen LogP contribution < -0.4 is 9.80 Å². The van der Waals surface area contributed by atoms with E-state index in [-0.39, 0.29) is 10.8 Å². The van der Waals surface area contributed by atoms with Crippen molar-refractivity contribution in [2.75, 3.05) is 9.80 Å². The Balaban J connectivity index is 0.935. The number of fused-ring (bicyclic) bond motifs is 11. The van der Waals surface area contributed by atoms with Crippen LogP contribution in [0.1, 0.15) is 49.9 Å². The molecule has 5 heterocycles. The molecule has 0 amide bonds. The zero-order valence-electron chi connectivity index (χ0n) is 37.6. The first-order valence-electron chi connectivity index (χ1n) is 23.1. The van der Waals surface area contributed by atoms with Crippen molar-refractivity contribution in [3.05, 3.63) is 216 Å². The van der Waals surface area contributed by atoms with E-state index >= 15 is 0 Å². The molecule has 67 heavy (non-hydrogen) atoms. The molecule has 0 saturated heterocycles. The molecule has 0 N–H and O–H groups in total. The van der Waals surface area contributed by atoms with Gasteiger partial charge in [-0.15, -0.1) is 0 Å². The molecule has 12 aromatic rings. The minimum absolute atomic E-state index is 0.129. The molecule has 320 valence electrons. The maximum absolute atomic E-state index is 5.08. The zero-order chi connectivity index (χ0) is 44.8. The van der Waals surface area contributed by atoms with E-state index in [0.29, 0.717) is 0 Å². The Morgan fingerprint density at radius 3 is 1.04 bits per heavy atom. The van der Waals surface area contributed by atoms with Crippen molar-refractivity contribution in [1.29, 1.82) is 0 Å². The lowest BCUT2D eigenvalue weighted by atomic mass is 9.73. The van der Waals surface area contributed by atoms with Crippen LogP contribution in [0.25, 0.3) is 66.0 Å². The molecule has 2 aliphatic heterocycles. The van der Waals surface area contributed by atoms with Crippen molar-refractivity contribution >= 4 is 100 Å². The molecule has 0 aliphatic carbocycles. The molecule has 14 rings (SSSR count). The summed E-state index contributed by atoms with van der Waals surface area (Å²) in [7, 11) is 0. The molecule has 7 heteroatoms. The summed E-state index contributed by atoms with van der Waals surface area (Å²) in [5, 5.41) is 4.77. The summed E-state index contributed by atoms with van der Waals surface area (Å²) in [6, 6.07) is 71.3. The number of benzene rings is 9. The Morgan fingerprint density at radius 2 is 0.657 bits per heavy atom. The molecule has 3 aromatic heterocycles. The van der Waals surface area contributed by atoms with Gasteiger partial charge in [-0.05, 0) is 107 Å². The summed E-state index contributed by atoms with van der Waals surface area (Å²) in [5.41, 5.74) is 20.4. The third kappa shape index (κ3) is 5.20. The fraction of sp³-hybridized carbons (Fsp3) is 0.100. The van der Waals surface area contributed by atoms with Gasteiger partial charge in [0.25, 0.3) is 0 Å². The highest BCUT2D eigenvalue weighted by atomic mass is 32.1. The fourth-order valence-electron chi connectivity index (χ4n) is 11.8. The van der Waals surface area contributed by atoms with E-state index in [1.807, 2.05) is 0 Å². The Morgan fingerprint density at radius 1 is 0.328 bits per heavy atom. The number of hydrogen-bond donors (Lipinski definition) is 0. The van der Waals surface area contributed by atoms with Crippen LogP contribution in [-0.2, 0) is 10.8 Å². The predicted molar refractivity (Wildman–Crippen MR) is 280 cm³/mol. The van der Waals surface area contributed by atoms with E-state index in [4.69, 9.17) is 8.75 Å². The summed E-state index contributed by atoms with van der Waals surface area (Å²) in [6.45, 7) is 9.35. The summed E-state index contributed by atoms with van der Waals surface area (Å²) in [5.74, 6) is 0. The number of hydrogen-bond acceptors (Lipinski definition) is 5. The van der Waals surface area contributed by atoms with Crippen LogP contribution in [0, 0.1) is 0 Å². The molecule has 0 unspecified atom stereocenters. The van der Waals surface area contributed by atoms with Gasteiger partial charge in [-0.25, -0.2) is 0 Å². The molecule has 0 spiro atoms. The largest absolute Gasteiger partial charge is 0.310 e. The van der Waals surface area contributed by atoms with Crippen LogP contribution in [0.5, 0.6) is 0 Å². The van der Waals surface area contributed by atoms with Crippen molar-refractivity contribution in [1.82, 2.24) is 17.9 Å². The topological polar surface area (TPSA) is 42.1 Å². The standard InChI is InChI=1S/C60H44N6S/c1-59(2)43-19-7-13-25-51(43)63(52-26-14-8-20-44(52)59)37-29-31-49-41(35-37)39-17-5-11-23-47(39)65(49)55-33-34-56(58-57(55)61-67-62-58)66-48-24-12-6-18-40(48)42-36-38(30-32-50(42)66)64-53-27-15-9-21-45(53)60(3,4)46-22-10-16-28-54(46)64/h5-36H,1-4H3. The average molecular weight is 881 g/mol. The van der Waals surface area contributed by atoms with Gasteiger partial charge in [0, 0.05) is 43.7 Å². The number of para-hydroxylation sites is 6. The molecule has 9 aromatic carbocycles.